The predicted octanol–water partition coefficient (Wildman–Crippen LogP) is 1.77. The van der Waals surface area contributed by atoms with E-state index in [1.54, 1.807) is 43.6 Å². The van der Waals surface area contributed by atoms with Crippen molar-refractivity contribution in [1.82, 2.24) is 15.6 Å². The topological polar surface area (TPSA) is 124 Å². The minimum Gasteiger partial charge on any atom is -0.493 e. The van der Waals surface area contributed by atoms with Crippen molar-refractivity contribution in [3.05, 3.63) is 60.0 Å². The molecule has 2 N–H and O–H groups in total. The summed E-state index contributed by atoms with van der Waals surface area (Å²) in [5.74, 6) is 1.08. The Balaban J connectivity index is 1.49. The molecule has 2 aromatic carbocycles. The Bertz CT molecular complexity index is 1250. The Morgan fingerprint density at radius 2 is 1.89 bits per heavy atom. The monoisotopic (exact) mass is 494 g/mol. The summed E-state index contributed by atoms with van der Waals surface area (Å²) >= 11 is 0. The van der Waals surface area contributed by atoms with Crippen LogP contribution in [0.2, 0.25) is 0 Å². The van der Waals surface area contributed by atoms with E-state index in [1.165, 1.54) is 13.4 Å². The van der Waals surface area contributed by atoms with Crippen LogP contribution in [0.1, 0.15) is 15.9 Å². The highest BCUT2D eigenvalue weighted by Gasteiger charge is 2.38. The first-order valence-electron chi connectivity index (χ1n) is 11.4. The molecule has 36 heavy (non-hydrogen) atoms. The van der Waals surface area contributed by atoms with Crippen molar-refractivity contribution in [2.24, 2.45) is 0 Å². The highest BCUT2D eigenvalue weighted by atomic mass is 16.5. The fourth-order valence-corrected chi connectivity index (χ4v) is 4.22. The van der Waals surface area contributed by atoms with Crippen molar-refractivity contribution in [3.63, 3.8) is 0 Å². The van der Waals surface area contributed by atoms with Crippen molar-refractivity contribution >= 4 is 17.8 Å². The molecule has 4 heterocycles. The van der Waals surface area contributed by atoms with Gasteiger partial charge in [0.05, 0.1) is 33.0 Å². The molecule has 2 amide bonds. The zero-order valence-corrected chi connectivity index (χ0v) is 19.9. The van der Waals surface area contributed by atoms with Gasteiger partial charge in [-0.2, -0.15) is 0 Å². The SMILES string of the molecule is COc1ccc2cc1OCC(=O)NCc1ccc(c(OC)c1)O[C@H]1CN(c3ncco3)C[C@@H]1NC2=O. The van der Waals surface area contributed by atoms with Crippen molar-refractivity contribution < 1.29 is 33.0 Å². The molecule has 188 valence electrons. The first-order chi connectivity index (χ1) is 17.5. The summed E-state index contributed by atoms with van der Waals surface area (Å²) in [6, 6.07) is 10.3. The third-order valence-electron chi connectivity index (χ3n) is 6.05. The van der Waals surface area contributed by atoms with Crippen molar-refractivity contribution in [1.29, 1.82) is 0 Å². The third-order valence-corrected chi connectivity index (χ3v) is 6.05. The van der Waals surface area contributed by atoms with Crippen molar-refractivity contribution in [2.45, 2.75) is 18.7 Å². The number of fused-ring (bicyclic) bond motifs is 7. The quantitative estimate of drug-likeness (QED) is 0.560. The maximum absolute atomic E-state index is 13.2. The molecule has 4 bridgehead atoms. The van der Waals surface area contributed by atoms with Gasteiger partial charge >= 0.3 is 0 Å². The minimum atomic E-state index is -0.426. The standard InChI is InChI=1S/C25H26N4O7/c1-32-18-6-4-16-10-21(18)35-14-23(30)27-11-15-3-5-19(20(9-15)33-2)36-22-13-29(25-26-7-8-34-25)12-17(22)28-24(16)31/h3-10,17,22H,11-14H2,1-2H3,(H,27,30)(H,28,31)/t17-,22-/m0/s1. The molecule has 1 fully saturated rings. The van der Waals surface area contributed by atoms with Crippen molar-refractivity contribution in [2.75, 3.05) is 38.8 Å². The zero-order chi connectivity index (χ0) is 25.1. The second-order valence-electron chi connectivity index (χ2n) is 8.37. The first kappa shape index (κ1) is 23.3. The Morgan fingerprint density at radius 1 is 1.03 bits per heavy atom. The first-order valence-corrected chi connectivity index (χ1v) is 11.4. The summed E-state index contributed by atoms with van der Waals surface area (Å²) in [5, 5.41) is 5.87. The molecule has 3 aliphatic rings. The van der Waals surface area contributed by atoms with Gasteiger partial charge in [-0.15, -0.1) is 0 Å². The van der Waals surface area contributed by atoms with E-state index in [2.05, 4.69) is 15.6 Å². The van der Waals surface area contributed by atoms with Gasteiger partial charge < -0.3 is 38.9 Å². The number of hydrogen-bond acceptors (Lipinski definition) is 9. The molecule has 0 radical (unpaired) electrons. The lowest BCUT2D eigenvalue weighted by Gasteiger charge is -2.22. The number of aromatic nitrogens is 1. The normalized spacial score (nSPS) is 19.9. The number of methoxy groups -OCH3 is 2. The number of ether oxygens (including phenoxy) is 4. The molecule has 2 atom stereocenters. The summed E-state index contributed by atoms with van der Waals surface area (Å²) in [7, 11) is 3.04. The number of nitrogens with zero attached hydrogens (tertiary/aromatic N) is 2. The van der Waals surface area contributed by atoms with E-state index in [4.69, 9.17) is 23.4 Å². The molecule has 0 saturated carbocycles. The van der Waals surface area contributed by atoms with E-state index >= 15 is 0 Å². The summed E-state index contributed by atoms with van der Waals surface area (Å²) in [6.07, 6.45) is 2.64. The number of rotatable bonds is 3. The van der Waals surface area contributed by atoms with Gasteiger partial charge in [-0.3, -0.25) is 9.59 Å². The Hall–Kier alpha value is -4.41. The van der Waals surface area contributed by atoms with Gasteiger partial charge in [0.15, 0.2) is 29.6 Å². The fourth-order valence-electron chi connectivity index (χ4n) is 4.22. The van der Waals surface area contributed by atoms with Crippen LogP contribution in [0.3, 0.4) is 0 Å². The number of carbonyl (C=O) groups is 2. The average molecular weight is 495 g/mol. The van der Waals surface area contributed by atoms with Gasteiger partial charge in [0.2, 0.25) is 0 Å². The second-order valence-corrected chi connectivity index (χ2v) is 8.37. The van der Waals surface area contributed by atoms with E-state index in [-0.39, 0.29) is 36.8 Å². The van der Waals surface area contributed by atoms with E-state index in [0.29, 0.717) is 41.9 Å². The van der Waals surface area contributed by atoms with Crippen LogP contribution in [-0.4, -0.2) is 62.9 Å². The lowest BCUT2D eigenvalue weighted by Crippen LogP contribution is -2.45. The van der Waals surface area contributed by atoms with E-state index < -0.39 is 6.10 Å². The molecule has 1 saturated heterocycles. The fraction of sp³-hybridized carbons (Fsp3) is 0.320. The van der Waals surface area contributed by atoms with Gasteiger partial charge in [0.25, 0.3) is 17.8 Å². The van der Waals surface area contributed by atoms with Gasteiger partial charge in [0, 0.05) is 18.7 Å². The van der Waals surface area contributed by atoms with Gasteiger partial charge in [-0.05, 0) is 35.9 Å². The summed E-state index contributed by atoms with van der Waals surface area (Å²) < 4.78 is 28.4. The summed E-state index contributed by atoms with van der Waals surface area (Å²) in [4.78, 5) is 31.8. The molecular weight excluding hydrogens is 468 g/mol. The third kappa shape index (κ3) is 4.85. The summed E-state index contributed by atoms with van der Waals surface area (Å²) in [6.45, 7) is 0.897. The molecule has 11 nitrogen and oxygen atoms in total. The smallest absolute Gasteiger partial charge is 0.297 e. The van der Waals surface area contributed by atoms with Gasteiger partial charge in [-0.1, -0.05) is 6.07 Å². The minimum absolute atomic E-state index is 0.241. The van der Waals surface area contributed by atoms with Gasteiger partial charge in [-0.25, -0.2) is 4.98 Å². The number of oxazole rings is 1. The van der Waals surface area contributed by atoms with E-state index in [1.807, 2.05) is 11.0 Å². The molecule has 1 aromatic heterocycles. The van der Waals surface area contributed by atoms with Crippen LogP contribution in [0, 0.1) is 0 Å². The molecular formula is C25H26N4O7. The Kier molecular flexibility index (Phi) is 6.52. The van der Waals surface area contributed by atoms with Crippen molar-refractivity contribution in [3.8, 4) is 23.0 Å². The largest absolute Gasteiger partial charge is 0.493 e. The number of amides is 2. The lowest BCUT2D eigenvalue weighted by atomic mass is 10.1. The molecule has 3 aromatic rings. The van der Waals surface area contributed by atoms with Crippen LogP contribution < -0.4 is 34.5 Å². The van der Waals surface area contributed by atoms with Crippen LogP contribution in [0.4, 0.5) is 6.01 Å². The van der Waals surface area contributed by atoms with E-state index in [9.17, 15) is 9.59 Å². The number of carbonyl (C=O) groups excluding carboxylic acids is 2. The molecule has 0 unspecified atom stereocenters. The molecule has 0 spiro atoms. The summed E-state index contributed by atoms with van der Waals surface area (Å²) in [5.41, 5.74) is 1.18. The maximum atomic E-state index is 13.2. The number of anilines is 1. The highest BCUT2D eigenvalue weighted by molar-refractivity contribution is 5.95. The molecule has 6 rings (SSSR count). The van der Waals surface area contributed by atoms with Crippen LogP contribution >= 0.6 is 0 Å². The predicted molar refractivity (Wildman–Crippen MR) is 128 cm³/mol. The zero-order valence-electron chi connectivity index (χ0n) is 19.9. The molecule has 3 aliphatic heterocycles. The van der Waals surface area contributed by atoms with Crippen LogP contribution in [0.25, 0.3) is 0 Å². The number of nitrogens with one attached hydrogen (secondary N) is 2. The van der Waals surface area contributed by atoms with Crippen LogP contribution in [0.15, 0.2) is 53.3 Å². The number of hydrogen-bond donors (Lipinski definition) is 2. The second kappa shape index (κ2) is 10.1. The van der Waals surface area contributed by atoms with Gasteiger partial charge in [0.1, 0.15) is 12.4 Å². The maximum Gasteiger partial charge on any atom is 0.297 e. The molecule has 0 aliphatic carbocycles. The van der Waals surface area contributed by atoms with E-state index in [0.717, 1.165) is 5.56 Å². The Morgan fingerprint density at radius 3 is 2.67 bits per heavy atom. The Labute approximate surface area is 207 Å². The van der Waals surface area contributed by atoms with Crippen LogP contribution in [0.5, 0.6) is 23.0 Å². The number of benzene rings is 2. The highest BCUT2D eigenvalue weighted by Crippen LogP contribution is 2.32. The average Bonchev–Trinajstić information content (AvgIpc) is 3.56. The molecule has 11 heteroatoms. The van der Waals surface area contributed by atoms with Crippen LogP contribution in [-0.2, 0) is 11.3 Å². The lowest BCUT2D eigenvalue weighted by molar-refractivity contribution is -0.123.